The van der Waals surface area contributed by atoms with Crippen LogP contribution in [0.1, 0.15) is 17.7 Å². The molecule has 3 aromatic rings. The van der Waals surface area contributed by atoms with E-state index in [1.54, 1.807) is 18.2 Å². The molecule has 1 aromatic carbocycles. The van der Waals surface area contributed by atoms with E-state index in [9.17, 15) is 14.0 Å². The highest BCUT2D eigenvalue weighted by atomic mass is 19.1. The molecule has 8 heteroatoms. The van der Waals surface area contributed by atoms with Crippen molar-refractivity contribution in [2.24, 2.45) is 0 Å². The molecule has 29 heavy (non-hydrogen) atoms. The van der Waals surface area contributed by atoms with Gasteiger partial charge in [-0.2, -0.15) is 0 Å². The molecular formula is C21H22FN5O2. The number of piperazine rings is 1. The van der Waals surface area contributed by atoms with E-state index in [0.717, 1.165) is 11.3 Å². The number of halogens is 1. The SMILES string of the molecule is O=C(C[C@@H]1C(=O)NCCN1Cc1ccccc1F)NCc1cn2ccccc2n1. The van der Waals surface area contributed by atoms with E-state index in [2.05, 4.69) is 15.6 Å². The molecule has 0 saturated carbocycles. The molecule has 1 aliphatic heterocycles. The highest BCUT2D eigenvalue weighted by Crippen LogP contribution is 2.16. The van der Waals surface area contributed by atoms with Gasteiger partial charge < -0.3 is 15.0 Å². The van der Waals surface area contributed by atoms with E-state index in [1.165, 1.54) is 6.07 Å². The van der Waals surface area contributed by atoms with Crippen LogP contribution < -0.4 is 10.6 Å². The van der Waals surface area contributed by atoms with Crippen molar-refractivity contribution in [2.45, 2.75) is 25.6 Å². The maximum Gasteiger partial charge on any atom is 0.237 e. The lowest BCUT2D eigenvalue weighted by molar-refractivity contribution is -0.134. The summed E-state index contributed by atoms with van der Waals surface area (Å²) in [5.41, 5.74) is 2.05. The second-order valence-corrected chi connectivity index (χ2v) is 7.05. The monoisotopic (exact) mass is 395 g/mol. The van der Waals surface area contributed by atoms with Crippen molar-refractivity contribution < 1.29 is 14.0 Å². The summed E-state index contributed by atoms with van der Waals surface area (Å²) in [5, 5.41) is 5.62. The predicted octanol–water partition coefficient (Wildman–Crippen LogP) is 1.48. The van der Waals surface area contributed by atoms with E-state index in [0.29, 0.717) is 18.7 Å². The Morgan fingerprint density at radius 2 is 2.07 bits per heavy atom. The smallest absolute Gasteiger partial charge is 0.237 e. The molecule has 3 heterocycles. The number of carbonyl (C=O) groups excluding carboxylic acids is 2. The van der Waals surface area contributed by atoms with Crippen LogP contribution in [-0.4, -0.2) is 45.2 Å². The zero-order valence-corrected chi connectivity index (χ0v) is 15.8. The normalized spacial score (nSPS) is 17.3. The standard InChI is InChI=1S/C21H22FN5O2/c22-17-6-2-1-5-15(17)13-26-10-8-23-21(29)18(26)11-20(28)24-12-16-14-27-9-4-3-7-19(27)25-16/h1-7,9,14,18H,8,10-13H2,(H,23,29)(H,24,28)/t18-/m1/s1. The van der Waals surface area contributed by atoms with Crippen LogP contribution in [0.5, 0.6) is 0 Å². The zero-order valence-electron chi connectivity index (χ0n) is 15.8. The number of fused-ring (bicyclic) bond motifs is 1. The average Bonchev–Trinajstić information content (AvgIpc) is 3.14. The van der Waals surface area contributed by atoms with Crippen molar-refractivity contribution in [1.82, 2.24) is 24.9 Å². The van der Waals surface area contributed by atoms with E-state index in [1.807, 2.05) is 39.9 Å². The minimum atomic E-state index is -0.635. The van der Waals surface area contributed by atoms with Crippen molar-refractivity contribution >= 4 is 17.5 Å². The van der Waals surface area contributed by atoms with Crippen LogP contribution in [0.3, 0.4) is 0 Å². The second kappa shape index (κ2) is 8.40. The fourth-order valence-corrected chi connectivity index (χ4v) is 3.53. The third kappa shape index (κ3) is 4.43. The summed E-state index contributed by atoms with van der Waals surface area (Å²) in [4.78, 5) is 31.1. The van der Waals surface area contributed by atoms with Gasteiger partial charge in [-0.05, 0) is 18.2 Å². The van der Waals surface area contributed by atoms with Gasteiger partial charge in [-0.3, -0.25) is 14.5 Å². The highest BCUT2D eigenvalue weighted by molar-refractivity contribution is 5.88. The Bertz CT molecular complexity index is 1000. The molecule has 0 spiro atoms. The number of amides is 2. The Balaban J connectivity index is 1.39. The number of nitrogens with one attached hydrogen (secondary N) is 2. The topological polar surface area (TPSA) is 78.7 Å². The van der Waals surface area contributed by atoms with E-state index >= 15 is 0 Å². The van der Waals surface area contributed by atoms with E-state index in [-0.39, 0.29) is 37.1 Å². The van der Waals surface area contributed by atoms with E-state index < -0.39 is 6.04 Å². The van der Waals surface area contributed by atoms with Crippen LogP contribution in [-0.2, 0) is 22.7 Å². The molecular weight excluding hydrogens is 373 g/mol. The van der Waals surface area contributed by atoms with Gasteiger partial charge in [0, 0.05) is 37.6 Å². The number of benzene rings is 1. The Kier molecular flexibility index (Phi) is 5.53. The summed E-state index contributed by atoms with van der Waals surface area (Å²) in [6, 6.07) is 11.5. The maximum atomic E-state index is 14.0. The molecule has 1 saturated heterocycles. The molecule has 0 radical (unpaired) electrons. The Morgan fingerprint density at radius 3 is 2.90 bits per heavy atom. The first-order valence-corrected chi connectivity index (χ1v) is 9.54. The lowest BCUT2D eigenvalue weighted by atomic mass is 10.1. The number of aromatic nitrogens is 2. The van der Waals surface area contributed by atoms with Gasteiger partial charge in [0.05, 0.1) is 24.7 Å². The molecule has 0 unspecified atom stereocenters. The van der Waals surface area contributed by atoms with Crippen LogP contribution in [0.25, 0.3) is 5.65 Å². The van der Waals surface area contributed by atoms with E-state index in [4.69, 9.17) is 0 Å². The first kappa shape index (κ1) is 19.1. The molecule has 2 N–H and O–H groups in total. The first-order valence-electron chi connectivity index (χ1n) is 9.54. The molecule has 0 bridgehead atoms. The third-order valence-electron chi connectivity index (χ3n) is 5.03. The van der Waals surface area contributed by atoms with Crippen molar-refractivity contribution in [2.75, 3.05) is 13.1 Å². The number of imidazole rings is 1. The molecule has 2 amide bonds. The average molecular weight is 395 g/mol. The highest BCUT2D eigenvalue weighted by Gasteiger charge is 2.31. The lowest BCUT2D eigenvalue weighted by Gasteiger charge is -2.34. The number of rotatable bonds is 6. The summed E-state index contributed by atoms with van der Waals surface area (Å²) >= 11 is 0. The minimum Gasteiger partial charge on any atom is -0.353 e. The van der Waals surface area contributed by atoms with Gasteiger partial charge in [0.1, 0.15) is 11.5 Å². The Morgan fingerprint density at radius 1 is 1.24 bits per heavy atom. The quantitative estimate of drug-likeness (QED) is 0.663. The molecule has 1 atom stereocenters. The fraction of sp³-hybridized carbons (Fsp3) is 0.286. The van der Waals surface area contributed by atoms with Gasteiger partial charge in [0.15, 0.2) is 0 Å². The van der Waals surface area contributed by atoms with Gasteiger partial charge in [-0.15, -0.1) is 0 Å². The van der Waals surface area contributed by atoms with Crippen molar-refractivity contribution in [3.05, 3.63) is 71.9 Å². The molecule has 1 fully saturated rings. The lowest BCUT2D eigenvalue weighted by Crippen LogP contribution is -2.56. The number of pyridine rings is 1. The number of carbonyl (C=O) groups is 2. The number of hydrogen-bond acceptors (Lipinski definition) is 4. The van der Waals surface area contributed by atoms with Crippen molar-refractivity contribution in [3.8, 4) is 0 Å². The molecule has 2 aromatic heterocycles. The van der Waals surface area contributed by atoms with Gasteiger partial charge in [-0.1, -0.05) is 24.3 Å². The van der Waals surface area contributed by atoms with Gasteiger partial charge in [0.2, 0.25) is 11.8 Å². The van der Waals surface area contributed by atoms with Crippen LogP contribution >= 0.6 is 0 Å². The Labute approximate surface area is 167 Å². The summed E-state index contributed by atoms with van der Waals surface area (Å²) in [5.74, 6) is -0.772. The van der Waals surface area contributed by atoms with Crippen LogP contribution in [0.4, 0.5) is 4.39 Å². The summed E-state index contributed by atoms with van der Waals surface area (Å²) < 4.78 is 15.9. The molecule has 4 rings (SSSR count). The predicted molar refractivity (Wildman–Crippen MR) is 105 cm³/mol. The second-order valence-electron chi connectivity index (χ2n) is 7.05. The van der Waals surface area contributed by atoms with Gasteiger partial charge in [-0.25, -0.2) is 9.37 Å². The molecule has 1 aliphatic rings. The number of nitrogens with zero attached hydrogens (tertiary/aromatic N) is 3. The Hall–Kier alpha value is -3.26. The zero-order chi connectivity index (χ0) is 20.2. The molecule has 7 nitrogen and oxygen atoms in total. The van der Waals surface area contributed by atoms with Crippen LogP contribution in [0, 0.1) is 5.82 Å². The summed E-state index contributed by atoms with van der Waals surface area (Å²) in [7, 11) is 0. The first-order chi connectivity index (χ1) is 14.1. The minimum absolute atomic E-state index is 0.00760. The van der Waals surface area contributed by atoms with Gasteiger partial charge >= 0.3 is 0 Å². The molecule has 150 valence electrons. The fourth-order valence-electron chi connectivity index (χ4n) is 3.53. The van der Waals surface area contributed by atoms with Crippen molar-refractivity contribution in [1.29, 1.82) is 0 Å². The summed E-state index contributed by atoms with van der Waals surface area (Å²) in [6.45, 7) is 1.60. The third-order valence-corrected chi connectivity index (χ3v) is 5.03. The summed E-state index contributed by atoms with van der Waals surface area (Å²) in [6.07, 6.45) is 3.75. The van der Waals surface area contributed by atoms with Gasteiger partial charge in [0.25, 0.3) is 0 Å². The largest absolute Gasteiger partial charge is 0.353 e. The molecule has 0 aliphatic carbocycles. The maximum absolute atomic E-state index is 14.0. The number of hydrogen-bond donors (Lipinski definition) is 2. The van der Waals surface area contributed by atoms with Crippen LogP contribution in [0.2, 0.25) is 0 Å². The van der Waals surface area contributed by atoms with Crippen LogP contribution in [0.15, 0.2) is 54.9 Å². The van der Waals surface area contributed by atoms with Crippen molar-refractivity contribution in [3.63, 3.8) is 0 Å².